The third-order valence-corrected chi connectivity index (χ3v) is 3.18. The molecule has 1 N–H and O–H groups in total. The zero-order valence-corrected chi connectivity index (χ0v) is 12.8. The summed E-state index contributed by atoms with van der Waals surface area (Å²) in [6, 6.07) is 12.3. The summed E-state index contributed by atoms with van der Waals surface area (Å²) in [6.45, 7) is 6.52. The molecular weight excluding hydrogens is 262 g/mol. The number of nitriles is 1. The predicted octanol–water partition coefficient (Wildman–Crippen LogP) is 3.20. The minimum atomic E-state index is -0.185. The highest BCUT2D eigenvalue weighted by Gasteiger charge is 2.09. The molecule has 1 aromatic carbocycles. The summed E-state index contributed by atoms with van der Waals surface area (Å²) in [6.07, 6.45) is 0.650. The number of benzene rings is 1. The lowest BCUT2D eigenvalue weighted by atomic mass is 10.2. The molecule has 0 saturated heterocycles. The van der Waals surface area contributed by atoms with E-state index in [1.165, 1.54) is 0 Å². The monoisotopic (exact) mass is 283 g/mol. The minimum Gasteiger partial charge on any atom is -0.491 e. The molecule has 1 unspecified atom stereocenters. The van der Waals surface area contributed by atoms with Crippen LogP contribution < -0.4 is 10.1 Å². The van der Waals surface area contributed by atoms with Gasteiger partial charge in [0.1, 0.15) is 11.3 Å². The molecule has 21 heavy (non-hydrogen) atoms. The van der Waals surface area contributed by atoms with Gasteiger partial charge in [-0.05, 0) is 32.9 Å². The molecular formula is C17H21N3O. The van der Waals surface area contributed by atoms with Gasteiger partial charge in [0.15, 0.2) is 0 Å². The van der Waals surface area contributed by atoms with E-state index in [9.17, 15) is 0 Å². The lowest BCUT2D eigenvalue weighted by Crippen LogP contribution is -2.34. The van der Waals surface area contributed by atoms with Crippen LogP contribution >= 0.6 is 0 Å². The highest BCUT2D eigenvalue weighted by atomic mass is 16.5. The predicted molar refractivity (Wildman–Crippen MR) is 84.3 cm³/mol. The molecule has 4 heteroatoms. The van der Waals surface area contributed by atoms with Crippen molar-refractivity contribution in [2.45, 2.75) is 39.3 Å². The third-order valence-electron chi connectivity index (χ3n) is 3.18. The normalized spacial score (nSPS) is 12.3. The molecule has 0 aliphatic carbocycles. The van der Waals surface area contributed by atoms with E-state index in [0.29, 0.717) is 13.0 Å². The minimum absolute atomic E-state index is 0.185. The van der Waals surface area contributed by atoms with E-state index in [1.54, 1.807) is 0 Å². The molecule has 0 saturated carbocycles. The molecule has 4 nitrogen and oxygen atoms in total. The van der Waals surface area contributed by atoms with E-state index in [4.69, 9.17) is 10.00 Å². The Labute approximate surface area is 125 Å². The summed E-state index contributed by atoms with van der Waals surface area (Å²) in [7, 11) is 0. The number of ether oxygens (including phenoxy) is 1. The highest BCUT2D eigenvalue weighted by Crippen LogP contribution is 2.24. The van der Waals surface area contributed by atoms with Gasteiger partial charge in [0.05, 0.1) is 18.7 Å². The maximum absolute atomic E-state index is 9.10. The summed E-state index contributed by atoms with van der Waals surface area (Å²) in [5.74, 6) is 0.775. The molecule has 0 fully saturated rings. The lowest BCUT2D eigenvalue weighted by Gasteiger charge is -2.15. The first-order valence-electron chi connectivity index (χ1n) is 7.25. The first-order valence-corrected chi connectivity index (χ1v) is 7.25. The number of pyridine rings is 1. The Kier molecular flexibility index (Phi) is 5.13. The number of aryl methyl sites for hydroxylation is 1. The molecule has 1 heterocycles. The maximum Gasteiger partial charge on any atom is 0.145 e. The summed E-state index contributed by atoms with van der Waals surface area (Å²) < 4.78 is 5.83. The summed E-state index contributed by atoms with van der Waals surface area (Å²) in [4.78, 5) is 4.54. The Morgan fingerprint density at radius 2 is 2.10 bits per heavy atom. The van der Waals surface area contributed by atoms with Gasteiger partial charge in [0.25, 0.3) is 0 Å². The standard InChI is InChI=1S/C17H21N3O/c1-12(2)19-15(11-18)9-10-21-16-6-4-5-14-8-7-13(3)20-17(14)16/h4-8,12,15,19H,9-10H2,1-3H3. The number of hydrogen-bond donors (Lipinski definition) is 1. The fourth-order valence-corrected chi connectivity index (χ4v) is 2.21. The van der Waals surface area contributed by atoms with Crippen LogP contribution in [-0.2, 0) is 0 Å². The van der Waals surface area contributed by atoms with E-state index >= 15 is 0 Å². The number of nitrogens with one attached hydrogen (secondary N) is 1. The lowest BCUT2D eigenvalue weighted by molar-refractivity contribution is 0.297. The van der Waals surface area contributed by atoms with Crippen LogP contribution in [0.3, 0.4) is 0 Å². The Hall–Kier alpha value is -2.12. The van der Waals surface area contributed by atoms with Crippen molar-refractivity contribution in [2.75, 3.05) is 6.61 Å². The zero-order valence-electron chi connectivity index (χ0n) is 12.8. The zero-order chi connectivity index (χ0) is 15.2. The van der Waals surface area contributed by atoms with Gasteiger partial charge in [-0.1, -0.05) is 18.2 Å². The van der Waals surface area contributed by atoms with Gasteiger partial charge in [-0.15, -0.1) is 0 Å². The fourth-order valence-electron chi connectivity index (χ4n) is 2.21. The third kappa shape index (κ3) is 4.17. The molecule has 0 spiro atoms. The second-order valence-corrected chi connectivity index (χ2v) is 5.42. The molecule has 0 aliphatic rings. The highest BCUT2D eigenvalue weighted by molar-refractivity contribution is 5.84. The van der Waals surface area contributed by atoms with E-state index < -0.39 is 0 Å². The number of para-hydroxylation sites is 1. The van der Waals surface area contributed by atoms with Crippen molar-refractivity contribution in [1.29, 1.82) is 5.26 Å². The Bertz CT molecular complexity index is 646. The van der Waals surface area contributed by atoms with Crippen molar-refractivity contribution in [1.82, 2.24) is 10.3 Å². The van der Waals surface area contributed by atoms with Crippen LogP contribution in [0.5, 0.6) is 5.75 Å². The molecule has 0 aliphatic heterocycles. The van der Waals surface area contributed by atoms with Crippen LogP contribution in [0.15, 0.2) is 30.3 Å². The Balaban J connectivity index is 2.04. The summed E-state index contributed by atoms with van der Waals surface area (Å²) in [5, 5.41) is 13.4. The number of hydrogen-bond acceptors (Lipinski definition) is 4. The number of rotatable bonds is 6. The number of fused-ring (bicyclic) bond motifs is 1. The summed E-state index contributed by atoms with van der Waals surface area (Å²) in [5.41, 5.74) is 1.85. The molecule has 1 atom stereocenters. The second kappa shape index (κ2) is 7.05. The van der Waals surface area contributed by atoms with Crippen LogP contribution in [0.4, 0.5) is 0 Å². The van der Waals surface area contributed by atoms with Gasteiger partial charge in [-0.3, -0.25) is 5.32 Å². The van der Waals surface area contributed by atoms with Gasteiger partial charge < -0.3 is 4.74 Å². The first-order chi connectivity index (χ1) is 10.1. The SMILES string of the molecule is Cc1ccc2cccc(OCCC(C#N)NC(C)C)c2n1. The van der Waals surface area contributed by atoms with Crippen LogP contribution in [0, 0.1) is 18.3 Å². The molecule has 110 valence electrons. The second-order valence-electron chi connectivity index (χ2n) is 5.42. The van der Waals surface area contributed by atoms with Crippen molar-refractivity contribution >= 4 is 10.9 Å². The van der Waals surface area contributed by atoms with Crippen molar-refractivity contribution < 1.29 is 4.74 Å². The number of nitrogens with zero attached hydrogens (tertiary/aromatic N) is 2. The van der Waals surface area contributed by atoms with Crippen LogP contribution in [0.1, 0.15) is 26.0 Å². The quantitative estimate of drug-likeness (QED) is 0.884. The molecule has 2 aromatic rings. The smallest absolute Gasteiger partial charge is 0.145 e. The van der Waals surface area contributed by atoms with Gasteiger partial charge in [-0.2, -0.15) is 5.26 Å². The van der Waals surface area contributed by atoms with Crippen molar-refractivity contribution in [2.24, 2.45) is 0 Å². The van der Waals surface area contributed by atoms with Crippen molar-refractivity contribution in [3.05, 3.63) is 36.0 Å². The average Bonchev–Trinajstić information content (AvgIpc) is 2.46. The van der Waals surface area contributed by atoms with Gasteiger partial charge >= 0.3 is 0 Å². The first kappa shape index (κ1) is 15.3. The summed E-state index contributed by atoms with van der Waals surface area (Å²) >= 11 is 0. The van der Waals surface area contributed by atoms with Crippen molar-refractivity contribution in [3.8, 4) is 11.8 Å². The van der Waals surface area contributed by atoms with Crippen molar-refractivity contribution in [3.63, 3.8) is 0 Å². The van der Waals surface area contributed by atoms with Crippen LogP contribution in [-0.4, -0.2) is 23.7 Å². The van der Waals surface area contributed by atoms with Gasteiger partial charge in [0.2, 0.25) is 0 Å². The van der Waals surface area contributed by atoms with E-state index in [0.717, 1.165) is 22.3 Å². The molecule has 0 radical (unpaired) electrons. The Morgan fingerprint density at radius 3 is 2.81 bits per heavy atom. The molecule has 2 rings (SSSR count). The fraction of sp³-hybridized carbons (Fsp3) is 0.412. The topological polar surface area (TPSA) is 57.9 Å². The largest absolute Gasteiger partial charge is 0.491 e. The van der Waals surface area contributed by atoms with Crippen LogP contribution in [0.25, 0.3) is 10.9 Å². The molecule has 1 aromatic heterocycles. The van der Waals surface area contributed by atoms with E-state index in [2.05, 4.69) is 16.4 Å². The molecule has 0 bridgehead atoms. The average molecular weight is 283 g/mol. The van der Waals surface area contributed by atoms with Gasteiger partial charge in [0, 0.05) is 23.5 Å². The van der Waals surface area contributed by atoms with Crippen LogP contribution in [0.2, 0.25) is 0 Å². The molecule has 0 amide bonds. The van der Waals surface area contributed by atoms with Gasteiger partial charge in [-0.25, -0.2) is 4.98 Å². The number of aromatic nitrogens is 1. The van der Waals surface area contributed by atoms with E-state index in [-0.39, 0.29) is 12.1 Å². The maximum atomic E-state index is 9.10. The Morgan fingerprint density at radius 1 is 1.29 bits per heavy atom. The van der Waals surface area contributed by atoms with E-state index in [1.807, 2.05) is 51.1 Å².